The minimum Gasteiger partial charge on any atom is -0.507 e. The lowest BCUT2D eigenvalue weighted by atomic mass is 9.94. The van der Waals surface area contributed by atoms with Crippen molar-refractivity contribution in [1.82, 2.24) is 4.90 Å². The van der Waals surface area contributed by atoms with Crippen molar-refractivity contribution in [2.75, 3.05) is 34.0 Å². The minimum absolute atomic E-state index is 0.0729. The second-order valence-electron chi connectivity index (χ2n) is 7.47. The van der Waals surface area contributed by atoms with E-state index in [-0.39, 0.29) is 45.0 Å². The number of likely N-dealkylation sites (tertiary alicyclic amines) is 1. The number of methoxy groups -OCH3 is 2. The number of phenolic OH excluding ortho intramolecular Hbond substituents is 1. The van der Waals surface area contributed by atoms with E-state index < -0.39 is 23.5 Å². The van der Waals surface area contributed by atoms with Gasteiger partial charge in [-0.25, -0.2) is 0 Å². The van der Waals surface area contributed by atoms with Crippen molar-refractivity contribution in [2.45, 2.75) is 19.4 Å². The number of nitrogens with zero attached hydrogens (tertiary/aromatic N) is 1. The van der Waals surface area contributed by atoms with Crippen LogP contribution in [0.15, 0.2) is 35.9 Å². The number of Topliss-reactive ketones (excluding diaryl/α,β-unsaturated/α-hetero) is 1. The van der Waals surface area contributed by atoms with Crippen LogP contribution in [-0.2, 0) is 14.3 Å². The quantitative estimate of drug-likeness (QED) is 0.221. The first-order valence-corrected chi connectivity index (χ1v) is 11.3. The van der Waals surface area contributed by atoms with Gasteiger partial charge in [0.25, 0.3) is 11.7 Å². The van der Waals surface area contributed by atoms with Crippen molar-refractivity contribution in [3.63, 3.8) is 0 Å². The van der Waals surface area contributed by atoms with E-state index in [4.69, 9.17) is 37.4 Å². The summed E-state index contributed by atoms with van der Waals surface area (Å²) in [4.78, 5) is 27.5. The number of carbonyl (C=O) groups is 2. The van der Waals surface area contributed by atoms with Crippen LogP contribution in [0.1, 0.15) is 30.5 Å². The van der Waals surface area contributed by atoms with Crippen LogP contribution >= 0.6 is 23.2 Å². The molecule has 0 bridgehead atoms. The minimum atomic E-state index is -0.959. The summed E-state index contributed by atoms with van der Waals surface area (Å²) in [6.45, 7) is 2.62. The van der Waals surface area contributed by atoms with E-state index >= 15 is 0 Å². The van der Waals surface area contributed by atoms with Crippen LogP contribution < -0.4 is 9.47 Å². The van der Waals surface area contributed by atoms with E-state index in [0.717, 1.165) is 0 Å². The van der Waals surface area contributed by atoms with E-state index in [2.05, 4.69) is 0 Å². The molecule has 182 valence electrons. The number of phenols is 1. The number of aromatic hydroxyl groups is 1. The van der Waals surface area contributed by atoms with E-state index in [1.165, 1.54) is 43.4 Å². The van der Waals surface area contributed by atoms with Crippen LogP contribution in [0.2, 0.25) is 10.0 Å². The Bertz CT molecular complexity index is 1130. The number of hydrogen-bond acceptors (Lipinski definition) is 7. The fourth-order valence-electron chi connectivity index (χ4n) is 3.90. The molecule has 0 aliphatic carbocycles. The third-order valence-corrected chi connectivity index (χ3v) is 5.85. The molecule has 2 N–H and O–H groups in total. The first-order chi connectivity index (χ1) is 16.2. The highest BCUT2D eigenvalue weighted by atomic mass is 35.5. The molecule has 1 amide bonds. The number of rotatable bonds is 9. The van der Waals surface area contributed by atoms with Crippen LogP contribution in [-0.4, -0.2) is 60.8 Å². The molecule has 2 aromatic rings. The average molecular weight is 510 g/mol. The second-order valence-corrected chi connectivity index (χ2v) is 8.31. The average Bonchev–Trinajstić information content (AvgIpc) is 3.05. The third-order valence-electron chi connectivity index (χ3n) is 5.35. The van der Waals surface area contributed by atoms with Gasteiger partial charge in [-0.05, 0) is 43.2 Å². The van der Waals surface area contributed by atoms with Crippen LogP contribution in [0.3, 0.4) is 0 Å². The molecule has 10 heteroatoms. The summed E-state index contributed by atoms with van der Waals surface area (Å²) in [5, 5.41) is 21.8. The standard InChI is InChI=1S/C24H25Cl2NO7/c1-4-34-18-10-13(6-7-17(18)28)20-19(22(30)24(31)27(20)8-5-9-32-2)21(29)15-11-14(25)12-16(26)23(15)33-3/h6-7,10-12,20,28-29H,4-5,8-9H2,1-3H3/b21-19+. The van der Waals surface area contributed by atoms with Gasteiger partial charge in [0, 0.05) is 25.3 Å². The molecule has 8 nitrogen and oxygen atoms in total. The van der Waals surface area contributed by atoms with Crippen LogP contribution in [0, 0.1) is 0 Å². The predicted molar refractivity (Wildman–Crippen MR) is 128 cm³/mol. The summed E-state index contributed by atoms with van der Waals surface area (Å²) >= 11 is 12.4. The normalized spacial score (nSPS) is 17.3. The largest absolute Gasteiger partial charge is 0.507 e. The van der Waals surface area contributed by atoms with Crippen molar-refractivity contribution >= 4 is 40.7 Å². The molecule has 2 aromatic carbocycles. The molecule has 3 rings (SSSR count). The van der Waals surface area contributed by atoms with Gasteiger partial charge in [0.1, 0.15) is 11.5 Å². The molecule has 1 heterocycles. The highest BCUT2D eigenvalue weighted by Gasteiger charge is 2.46. The molecule has 1 atom stereocenters. The maximum atomic E-state index is 13.2. The Morgan fingerprint density at radius 3 is 2.53 bits per heavy atom. The Hall–Kier alpha value is -2.94. The summed E-state index contributed by atoms with van der Waals surface area (Å²) in [6, 6.07) is 6.39. The Kier molecular flexibility index (Phi) is 8.30. The van der Waals surface area contributed by atoms with E-state index in [0.29, 0.717) is 25.2 Å². The van der Waals surface area contributed by atoms with Crippen molar-refractivity contribution in [2.24, 2.45) is 0 Å². The van der Waals surface area contributed by atoms with Gasteiger partial charge in [0.05, 0.1) is 35.9 Å². The molecule has 1 fully saturated rings. The number of aliphatic hydroxyl groups excluding tert-OH is 1. The van der Waals surface area contributed by atoms with Crippen LogP contribution in [0.4, 0.5) is 0 Å². The number of ether oxygens (including phenoxy) is 3. The Labute approximate surface area is 207 Å². The van der Waals surface area contributed by atoms with Gasteiger partial charge < -0.3 is 29.3 Å². The van der Waals surface area contributed by atoms with Crippen molar-refractivity contribution in [1.29, 1.82) is 0 Å². The zero-order valence-electron chi connectivity index (χ0n) is 18.9. The molecule has 0 radical (unpaired) electrons. The molecule has 1 aliphatic rings. The first kappa shape index (κ1) is 25.7. The van der Waals surface area contributed by atoms with Gasteiger partial charge in [-0.2, -0.15) is 0 Å². The first-order valence-electron chi connectivity index (χ1n) is 10.5. The SMILES string of the molecule is CCOc1cc(C2/C(=C(\O)c3cc(Cl)cc(Cl)c3OC)C(=O)C(=O)N2CCCOC)ccc1O. The fourth-order valence-corrected chi connectivity index (χ4v) is 4.47. The topological polar surface area (TPSA) is 106 Å². The van der Waals surface area contributed by atoms with Crippen molar-refractivity contribution in [3.05, 3.63) is 57.1 Å². The van der Waals surface area contributed by atoms with Crippen molar-refractivity contribution in [3.8, 4) is 17.2 Å². The summed E-state index contributed by atoms with van der Waals surface area (Å²) < 4.78 is 15.9. The molecule has 0 saturated carbocycles. The maximum Gasteiger partial charge on any atom is 0.295 e. The zero-order chi connectivity index (χ0) is 25.0. The lowest BCUT2D eigenvalue weighted by Crippen LogP contribution is -2.31. The Balaban J connectivity index is 2.25. The third kappa shape index (κ3) is 4.94. The monoisotopic (exact) mass is 509 g/mol. The number of amides is 1. The Morgan fingerprint density at radius 2 is 1.88 bits per heavy atom. The van der Waals surface area contributed by atoms with Gasteiger partial charge in [-0.3, -0.25) is 9.59 Å². The number of halogens is 2. The summed E-state index contributed by atoms with van der Waals surface area (Å²) in [7, 11) is 2.90. The molecular formula is C24H25Cl2NO7. The van der Waals surface area contributed by atoms with Gasteiger partial charge in [0.15, 0.2) is 11.5 Å². The van der Waals surface area contributed by atoms with Crippen LogP contribution in [0.5, 0.6) is 17.2 Å². The fraction of sp³-hybridized carbons (Fsp3) is 0.333. The Morgan fingerprint density at radius 1 is 1.15 bits per heavy atom. The summed E-state index contributed by atoms with van der Waals surface area (Å²) in [5.41, 5.74) is 0.377. The van der Waals surface area contributed by atoms with Crippen molar-refractivity contribution < 1.29 is 34.0 Å². The molecular weight excluding hydrogens is 485 g/mol. The summed E-state index contributed by atoms with van der Waals surface area (Å²) in [6.07, 6.45) is 0.461. The second kappa shape index (κ2) is 11.0. The molecule has 0 aromatic heterocycles. The molecule has 0 spiro atoms. The zero-order valence-corrected chi connectivity index (χ0v) is 20.4. The highest BCUT2D eigenvalue weighted by molar-refractivity contribution is 6.46. The van der Waals surface area contributed by atoms with E-state index in [1.54, 1.807) is 13.0 Å². The van der Waals surface area contributed by atoms with Crippen LogP contribution in [0.25, 0.3) is 5.76 Å². The number of benzene rings is 2. The number of carbonyl (C=O) groups excluding carboxylic acids is 2. The van der Waals surface area contributed by atoms with E-state index in [1.807, 2.05) is 0 Å². The summed E-state index contributed by atoms with van der Waals surface area (Å²) in [5.74, 6) is -1.93. The number of ketones is 1. The molecule has 1 saturated heterocycles. The maximum absolute atomic E-state index is 13.2. The molecule has 1 aliphatic heterocycles. The predicted octanol–water partition coefficient (Wildman–Crippen LogP) is 4.56. The van der Waals surface area contributed by atoms with E-state index in [9.17, 15) is 19.8 Å². The number of hydrogen-bond donors (Lipinski definition) is 2. The molecule has 1 unspecified atom stereocenters. The van der Waals surface area contributed by atoms with Gasteiger partial charge in [-0.15, -0.1) is 0 Å². The molecule has 34 heavy (non-hydrogen) atoms. The lowest BCUT2D eigenvalue weighted by Gasteiger charge is -2.26. The lowest BCUT2D eigenvalue weighted by molar-refractivity contribution is -0.140. The van der Waals surface area contributed by atoms with Gasteiger partial charge >= 0.3 is 0 Å². The smallest absolute Gasteiger partial charge is 0.295 e. The highest BCUT2D eigenvalue weighted by Crippen LogP contribution is 2.44. The number of aliphatic hydroxyl groups is 1. The van der Waals surface area contributed by atoms with Gasteiger partial charge in [0.2, 0.25) is 0 Å². The van der Waals surface area contributed by atoms with Gasteiger partial charge in [-0.1, -0.05) is 29.3 Å².